The van der Waals surface area contributed by atoms with Crippen LogP contribution in [0.4, 0.5) is 0 Å². The van der Waals surface area contributed by atoms with Crippen molar-refractivity contribution in [2.45, 2.75) is 25.4 Å². The smallest absolute Gasteiger partial charge is 0.0992 e. The first-order chi connectivity index (χ1) is 9.28. The molecule has 6 heteroatoms. The Morgan fingerprint density at radius 1 is 1.47 bits per heavy atom. The number of rotatable bonds is 4. The van der Waals surface area contributed by atoms with E-state index in [1.54, 1.807) is 23.0 Å². The van der Waals surface area contributed by atoms with Gasteiger partial charge in [0.05, 0.1) is 29.2 Å². The summed E-state index contributed by atoms with van der Waals surface area (Å²) in [7, 11) is 0. The van der Waals surface area contributed by atoms with Gasteiger partial charge < -0.3 is 5.32 Å². The quantitative estimate of drug-likeness (QED) is 0.938. The molecule has 96 valence electrons. The third kappa shape index (κ3) is 2.67. The molecule has 0 unspecified atom stereocenters. The first kappa shape index (κ1) is 12.3. The van der Waals surface area contributed by atoms with Crippen molar-refractivity contribution in [3.05, 3.63) is 40.1 Å². The van der Waals surface area contributed by atoms with Gasteiger partial charge >= 0.3 is 0 Å². The van der Waals surface area contributed by atoms with E-state index in [1.165, 1.54) is 12.8 Å². The highest BCUT2D eigenvalue weighted by molar-refractivity contribution is 9.10. The predicted octanol–water partition coefficient (Wildman–Crippen LogP) is 2.15. The molecule has 1 aromatic heterocycles. The molecule has 0 amide bonds. The van der Waals surface area contributed by atoms with Gasteiger partial charge in [0.2, 0.25) is 0 Å². The Balaban J connectivity index is 1.88. The number of nitriles is 1. The van der Waals surface area contributed by atoms with Crippen LogP contribution in [-0.4, -0.2) is 21.0 Å². The van der Waals surface area contributed by atoms with Gasteiger partial charge in [-0.1, -0.05) is 5.21 Å². The fraction of sp³-hybridized carbons (Fsp3) is 0.308. The molecule has 19 heavy (non-hydrogen) atoms. The van der Waals surface area contributed by atoms with Crippen LogP contribution in [0.3, 0.4) is 0 Å². The largest absolute Gasteiger partial charge is 0.308 e. The van der Waals surface area contributed by atoms with Crippen molar-refractivity contribution in [2.75, 3.05) is 0 Å². The second-order valence-electron chi connectivity index (χ2n) is 4.57. The van der Waals surface area contributed by atoms with Crippen LogP contribution in [0.2, 0.25) is 0 Å². The maximum absolute atomic E-state index is 8.87. The lowest BCUT2D eigenvalue weighted by Gasteiger charge is -2.09. The molecule has 5 nitrogen and oxygen atoms in total. The van der Waals surface area contributed by atoms with E-state index in [9.17, 15) is 0 Å². The van der Waals surface area contributed by atoms with Crippen LogP contribution in [0.25, 0.3) is 5.69 Å². The molecule has 0 spiro atoms. The second-order valence-corrected chi connectivity index (χ2v) is 5.42. The molecule has 3 rings (SSSR count). The van der Waals surface area contributed by atoms with Crippen molar-refractivity contribution in [2.24, 2.45) is 0 Å². The maximum atomic E-state index is 8.87. The lowest BCUT2D eigenvalue weighted by atomic mass is 10.2. The summed E-state index contributed by atoms with van der Waals surface area (Å²) < 4.78 is 2.63. The van der Waals surface area contributed by atoms with Gasteiger partial charge in [0.1, 0.15) is 0 Å². The Morgan fingerprint density at radius 2 is 2.32 bits per heavy atom. The minimum Gasteiger partial charge on any atom is -0.308 e. The summed E-state index contributed by atoms with van der Waals surface area (Å²) in [5, 5.41) is 20.4. The Kier molecular flexibility index (Phi) is 3.32. The van der Waals surface area contributed by atoms with Gasteiger partial charge in [-0.25, -0.2) is 4.68 Å². The third-order valence-corrected chi connectivity index (χ3v) is 3.71. The highest BCUT2D eigenvalue weighted by Gasteiger charge is 2.21. The first-order valence-corrected chi connectivity index (χ1v) is 6.90. The molecule has 0 atom stereocenters. The zero-order chi connectivity index (χ0) is 13.2. The van der Waals surface area contributed by atoms with Crippen LogP contribution in [0.15, 0.2) is 28.9 Å². The van der Waals surface area contributed by atoms with Gasteiger partial charge in [0, 0.05) is 17.1 Å². The molecule has 2 aromatic rings. The van der Waals surface area contributed by atoms with Gasteiger partial charge in [-0.15, -0.1) is 5.10 Å². The molecule has 0 bridgehead atoms. The molecule has 0 radical (unpaired) electrons. The molecule has 1 aliphatic rings. The molecule has 0 saturated heterocycles. The monoisotopic (exact) mass is 317 g/mol. The van der Waals surface area contributed by atoms with Crippen molar-refractivity contribution < 1.29 is 0 Å². The Morgan fingerprint density at radius 3 is 3.00 bits per heavy atom. The summed E-state index contributed by atoms with van der Waals surface area (Å²) in [6.07, 6.45) is 4.27. The Hall–Kier alpha value is -1.71. The molecular weight excluding hydrogens is 306 g/mol. The lowest BCUT2D eigenvalue weighted by molar-refractivity contribution is 0.646. The normalized spacial score (nSPS) is 14.3. The number of nitrogens with zero attached hydrogens (tertiary/aromatic N) is 4. The van der Waals surface area contributed by atoms with E-state index in [0.717, 1.165) is 22.4 Å². The van der Waals surface area contributed by atoms with Gasteiger partial charge in [-0.2, -0.15) is 5.26 Å². The van der Waals surface area contributed by atoms with Crippen molar-refractivity contribution >= 4 is 15.9 Å². The van der Waals surface area contributed by atoms with Gasteiger partial charge in [0.25, 0.3) is 0 Å². The summed E-state index contributed by atoms with van der Waals surface area (Å²) in [6.45, 7) is 0.754. The standard InChI is InChI=1S/C13H12BrN5/c14-12-5-9(6-15)1-4-13(12)19-11(8-17-18-19)7-16-10-2-3-10/h1,4-5,8,10,16H,2-3,7H2. The Labute approximate surface area is 119 Å². The third-order valence-electron chi connectivity index (χ3n) is 3.07. The number of halogens is 1. The number of hydrogen-bond acceptors (Lipinski definition) is 4. The van der Waals surface area contributed by atoms with Crippen LogP contribution in [-0.2, 0) is 6.54 Å². The van der Waals surface area contributed by atoms with E-state index in [0.29, 0.717) is 11.6 Å². The minimum absolute atomic E-state index is 0.619. The number of aromatic nitrogens is 3. The zero-order valence-corrected chi connectivity index (χ0v) is 11.8. The first-order valence-electron chi connectivity index (χ1n) is 6.11. The lowest BCUT2D eigenvalue weighted by Crippen LogP contribution is -2.18. The molecule has 1 aliphatic carbocycles. The van der Waals surface area contributed by atoms with Crippen molar-refractivity contribution in [1.29, 1.82) is 5.26 Å². The van der Waals surface area contributed by atoms with E-state index in [1.807, 2.05) is 6.07 Å². The SMILES string of the molecule is N#Cc1ccc(-n2nncc2CNC2CC2)c(Br)c1. The predicted molar refractivity (Wildman–Crippen MR) is 73.6 cm³/mol. The van der Waals surface area contributed by atoms with Crippen molar-refractivity contribution in [1.82, 2.24) is 20.3 Å². The maximum Gasteiger partial charge on any atom is 0.0992 e. The highest BCUT2D eigenvalue weighted by atomic mass is 79.9. The summed E-state index contributed by atoms with van der Waals surface area (Å²) in [6, 6.07) is 8.20. The van der Waals surface area contributed by atoms with Crippen LogP contribution in [0.5, 0.6) is 0 Å². The summed E-state index contributed by atoms with van der Waals surface area (Å²) >= 11 is 3.48. The zero-order valence-electron chi connectivity index (χ0n) is 10.2. The van der Waals surface area contributed by atoms with E-state index >= 15 is 0 Å². The number of nitrogens with one attached hydrogen (secondary N) is 1. The fourth-order valence-corrected chi connectivity index (χ4v) is 2.41. The highest BCUT2D eigenvalue weighted by Crippen LogP contribution is 2.23. The Bertz CT molecular complexity index is 639. The summed E-state index contributed by atoms with van der Waals surface area (Å²) in [5.41, 5.74) is 2.52. The average Bonchev–Trinajstić information content (AvgIpc) is 3.14. The molecule has 0 aliphatic heterocycles. The van der Waals surface area contributed by atoms with Gasteiger partial charge in [-0.3, -0.25) is 0 Å². The van der Waals surface area contributed by atoms with Crippen molar-refractivity contribution in [3.8, 4) is 11.8 Å². The molecule has 1 saturated carbocycles. The van der Waals surface area contributed by atoms with Crippen molar-refractivity contribution in [3.63, 3.8) is 0 Å². The second kappa shape index (κ2) is 5.11. The molecule has 1 N–H and O–H groups in total. The molecule has 1 aromatic carbocycles. The van der Waals surface area contributed by atoms with E-state index in [-0.39, 0.29) is 0 Å². The van der Waals surface area contributed by atoms with E-state index < -0.39 is 0 Å². The summed E-state index contributed by atoms with van der Waals surface area (Å²) in [4.78, 5) is 0. The fourth-order valence-electron chi connectivity index (χ4n) is 1.86. The van der Waals surface area contributed by atoms with Crippen LogP contribution < -0.4 is 5.32 Å². The minimum atomic E-state index is 0.619. The van der Waals surface area contributed by atoms with E-state index in [2.05, 4.69) is 37.6 Å². The van der Waals surface area contributed by atoms with Crippen LogP contribution in [0, 0.1) is 11.3 Å². The molecule has 1 fully saturated rings. The van der Waals surface area contributed by atoms with Gasteiger partial charge in [-0.05, 0) is 47.0 Å². The molecular formula is C13H12BrN5. The van der Waals surface area contributed by atoms with E-state index in [4.69, 9.17) is 5.26 Å². The summed E-state index contributed by atoms with van der Waals surface area (Å²) in [5.74, 6) is 0. The van der Waals surface area contributed by atoms with Crippen LogP contribution in [0.1, 0.15) is 24.1 Å². The number of benzene rings is 1. The van der Waals surface area contributed by atoms with Gasteiger partial charge in [0.15, 0.2) is 0 Å². The molecule has 1 heterocycles. The topological polar surface area (TPSA) is 66.5 Å². The average molecular weight is 318 g/mol. The number of hydrogen-bond donors (Lipinski definition) is 1. The van der Waals surface area contributed by atoms with Crippen LogP contribution >= 0.6 is 15.9 Å².